The third kappa shape index (κ3) is 4.12. The first-order valence-corrected chi connectivity index (χ1v) is 7.83. The van der Waals surface area contributed by atoms with Gasteiger partial charge in [-0.1, -0.05) is 6.07 Å². The molecule has 4 heteroatoms. The van der Waals surface area contributed by atoms with Crippen LogP contribution in [0.4, 0.5) is 4.39 Å². The molecule has 1 aliphatic rings. The number of aryl methyl sites for hydroxylation is 1. The predicted octanol–water partition coefficient (Wildman–Crippen LogP) is 3.15. The van der Waals surface area contributed by atoms with E-state index in [-0.39, 0.29) is 5.82 Å². The highest BCUT2D eigenvalue weighted by atomic mass is 19.1. The third-order valence-corrected chi connectivity index (χ3v) is 3.96. The lowest BCUT2D eigenvalue weighted by atomic mass is 10.1. The monoisotopic (exact) mass is 300 g/mol. The molecule has 2 aromatic rings. The van der Waals surface area contributed by atoms with Gasteiger partial charge in [-0.2, -0.15) is 0 Å². The maximum Gasteiger partial charge on any atom is 0.123 e. The van der Waals surface area contributed by atoms with Crippen LogP contribution in [0.3, 0.4) is 0 Å². The van der Waals surface area contributed by atoms with E-state index in [0.717, 1.165) is 62.6 Å². The Bertz CT molecular complexity index is 594. The molecule has 1 aromatic carbocycles. The van der Waals surface area contributed by atoms with Crippen LogP contribution in [0.1, 0.15) is 12.1 Å². The van der Waals surface area contributed by atoms with Crippen LogP contribution in [0, 0.1) is 5.82 Å². The van der Waals surface area contributed by atoms with Crippen LogP contribution in [0.15, 0.2) is 42.5 Å². The lowest BCUT2D eigenvalue weighted by Crippen LogP contribution is -2.36. The molecule has 0 atom stereocenters. The lowest BCUT2D eigenvalue weighted by Gasteiger charge is -2.26. The van der Waals surface area contributed by atoms with Gasteiger partial charge in [-0.3, -0.25) is 9.88 Å². The van der Waals surface area contributed by atoms with Crippen molar-refractivity contribution < 1.29 is 9.13 Å². The number of hydrogen-bond donors (Lipinski definition) is 0. The first kappa shape index (κ1) is 15.1. The molecule has 0 aliphatic carbocycles. The summed E-state index contributed by atoms with van der Waals surface area (Å²) in [4.78, 5) is 7.13. The molecule has 0 spiro atoms. The first-order valence-electron chi connectivity index (χ1n) is 7.83. The van der Waals surface area contributed by atoms with Crippen molar-refractivity contribution in [2.75, 3.05) is 32.8 Å². The maximum atomic E-state index is 13.0. The van der Waals surface area contributed by atoms with Crippen LogP contribution in [-0.4, -0.2) is 42.7 Å². The van der Waals surface area contributed by atoms with Gasteiger partial charge in [0.25, 0.3) is 0 Å². The largest absolute Gasteiger partial charge is 0.379 e. The molecule has 1 fully saturated rings. The van der Waals surface area contributed by atoms with Gasteiger partial charge < -0.3 is 4.74 Å². The van der Waals surface area contributed by atoms with Gasteiger partial charge in [0.2, 0.25) is 0 Å². The number of rotatable bonds is 5. The van der Waals surface area contributed by atoms with E-state index in [1.807, 2.05) is 12.1 Å². The van der Waals surface area contributed by atoms with E-state index in [2.05, 4.69) is 16.0 Å². The summed E-state index contributed by atoms with van der Waals surface area (Å²) in [5, 5.41) is 0. The van der Waals surface area contributed by atoms with Crippen LogP contribution in [-0.2, 0) is 11.2 Å². The van der Waals surface area contributed by atoms with Crippen LogP contribution < -0.4 is 0 Å². The Balaban J connectivity index is 1.57. The highest BCUT2D eigenvalue weighted by Crippen LogP contribution is 2.18. The van der Waals surface area contributed by atoms with Gasteiger partial charge in [0.15, 0.2) is 0 Å². The van der Waals surface area contributed by atoms with Gasteiger partial charge in [-0.25, -0.2) is 4.39 Å². The molecule has 116 valence electrons. The molecule has 1 aromatic heterocycles. The zero-order chi connectivity index (χ0) is 15.2. The van der Waals surface area contributed by atoms with Crippen molar-refractivity contribution >= 4 is 0 Å². The number of morpholine rings is 1. The van der Waals surface area contributed by atoms with Gasteiger partial charge in [0.1, 0.15) is 5.82 Å². The average Bonchev–Trinajstić information content (AvgIpc) is 2.57. The fraction of sp³-hybridized carbons (Fsp3) is 0.389. The molecule has 0 N–H and O–H groups in total. The minimum absolute atomic E-state index is 0.217. The molecule has 1 saturated heterocycles. The van der Waals surface area contributed by atoms with E-state index in [1.54, 1.807) is 12.1 Å². The van der Waals surface area contributed by atoms with Gasteiger partial charge >= 0.3 is 0 Å². The van der Waals surface area contributed by atoms with Gasteiger partial charge in [-0.05, 0) is 55.8 Å². The Kier molecular flexibility index (Phi) is 5.14. The molecule has 3 nitrogen and oxygen atoms in total. The Morgan fingerprint density at radius 1 is 1.05 bits per heavy atom. The van der Waals surface area contributed by atoms with Crippen molar-refractivity contribution in [1.82, 2.24) is 9.88 Å². The molecule has 1 aliphatic heterocycles. The van der Waals surface area contributed by atoms with E-state index >= 15 is 0 Å². The molecule has 2 heterocycles. The van der Waals surface area contributed by atoms with Gasteiger partial charge in [0, 0.05) is 24.3 Å². The van der Waals surface area contributed by atoms with Gasteiger partial charge in [0.05, 0.1) is 18.9 Å². The summed E-state index contributed by atoms with van der Waals surface area (Å²) < 4.78 is 18.3. The van der Waals surface area contributed by atoms with Crippen LogP contribution in [0.2, 0.25) is 0 Å². The molecular formula is C18H21FN2O. The smallest absolute Gasteiger partial charge is 0.123 e. The summed E-state index contributed by atoms with van der Waals surface area (Å²) in [6.07, 6.45) is 2.06. The quantitative estimate of drug-likeness (QED) is 0.848. The van der Waals surface area contributed by atoms with Crippen molar-refractivity contribution in [2.45, 2.75) is 12.8 Å². The number of pyridine rings is 1. The Morgan fingerprint density at radius 2 is 1.82 bits per heavy atom. The van der Waals surface area contributed by atoms with Gasteiger partial charge in [-0.15, -0.1) is 0 Å². The standard InChI is InChI=1S/C18H21FN2O/c19-16-8-6-15(7-9-16)18-5-1-3-17(20-18)4-2-10-21-11-13-22-14-12-21/h1,3,5-9H,2,4,10-14H2. The van der Waals surface area contributed by atoms with E-state index in [1.165, 1.54) is 12.1 Å². The zero-order valence-electron chi connectivity index (χ0n) is 12.7. The third-order valence-electron chi connectivity index (χ3n) is 3.96. The zero-order valence-corrected chi connectivity index (χ0v) is 12.7. The fourth-order valence-electron chi connectivity index (χ4n) is 2.71. The second-order valence-corrected chi connectivity index (χ2v) is 5.58. The molecule has 0 radical (unpaired) electrons. The SMILES string of the molecule is Fc1ccc(-c2cccc(CCCN3CCOCC3)n2)cc1. The highest BCUT2D eigenvalue weighted by molar-refractivity contribution is 5.58. The van der Waals surface area contributed by atoms with E-state index < -0.39 is 0 Å². The highest BCUT2D eigenvalue weighted by Gasteiger charge is 2.09. The molecule has 0 bridgehead atoms. The first-order chi connectivity index (χ1) is 10.8. The number of ether oxygens (including phenoxy) is 1. The normalized spacial score (nSPS) is 15.9. The van der Waals surface area contributed by atoms with E-state index in [0.29, 0.717) is 0 Å². The maximum absolute atomic E-state index is 13.0. The number of halogens is 1. The van der Waals surface area contributed by atoms with Crippen molar-refractivity contribution in [3.05, 3.63) is 54.0 Å². The average molecular weight is 300 g/mol. The predicted molar refractivity (Wildman–Crippen MR) is 85.2 cm³/mol. The summed E-state index contributed by atoms with van der Waals surface area (Å²) in [6.45, 7) is 4.84. The second kappa shape index (κ2) is 7.47. The molecule has 0 saturated carbocycles. The minimum atomic E-state index is -0.217. The number of hydrogen-bond acceptors (Lipinski definition) is 3. The fourth-order valence-corrected chi connectivity index (χ4v) is 2.71. The number of benzene rings is 1. The lowest BCUT2D eigenvalue weighted by molar-refractivity contribution is 0.0374. The van der Waals surface area contributed by atoms with Crippen molar-refractivity contribution in [3.63, 3.8) is 0 Å². The summed E-state index contributed by atoms with van der Waals surface area (Å²) in [5.41, 5.74) is 2.95. The van der Waals surface area contributed by atoms with Crippen molar-refractivity contribution in [3.8, 4) is 11.3 Å². The summed E-state index contributed by atoms with van der Waals surface area (Å²) in [7, 11) is 0. The van der Waals surface area contributed by atoms with E-state index in [9.17, 15) is 4.39 Å². The van der Waals surface area contributed by atoms with Crippen LogP contribution in [0.25, 0.3) is 11.3 Å². The van der Waals surface area contributed by atoms with Crippen LogP contribution in [0.5, 0.6) is 0 Å². The van der Waals surface area contributed by atoms with Crippen LogP contribution >= 0.6 is 0 Å². The second-order valence-electron chi connectivity index (χ2n) is 5.58. The molecule has 0 amide bonds. The number of nitrogens with zero attached hydrogens (tertiary/aromatic N) is 2. The minimum Gasteiger partial charge on any atom is -0.379 e. The summed E-state index contributed by atoms with van der Waals surface area (Å²) in [5.74, 6) is -0.217. The van der Waals surface area contributed by atoms with E-state index in [4.69, 9.17) is 4.74 Å². The summed E-state index contributed by atoms with van der Waals surface area (Å²) in [6, 6.07) is 12.6. The Labute approximate surface area is 130 Å². The molecule has 0 unspecified atom stereocenters. The summed E-state index contributed by atoms with van der Waals surface area (Å²) >= 11 is 0. The van der Waals surface area contributed by atoms with Crippen molar-refractivity contribution in [2.24, 2.45) is 0 Å². The Hall–Kier alpha value is -1.78. The molecule has 22 heavy (non-hydrogen) atoms. The molecular weight excluding hydrogens is 279 g/mol. The molecule has 3 rings (SSSR count). The number of aromatic nitrogens is 1. The topological polar surface area (TPSA) is 25.4 Å². The van der Waals surface area contributed by atoms with Crippen molar-refractivity contribution in [1.29, 1.82) is 0 Å². The Morgan fingerprint density at radius 3 is 2.59 bits per heavy atom.